The summed E-state index contributed by atoms with van der Waals surface area (Å²) in [5.74, 6) is 1.12. The van der Waals surface area contributed by atoms with Gasteiger partial charge in [-0.05, 0) is 53.7 Å². The molecule has 1 aliphatic carbocycles. The van der Waals surface area contributed by atoms with E-state index in [2.05, 4.69) is 15.9 Å². The van der Waals surface area contributed by atoms with Crippen LogP contribution >= 0.6 is 15.9 Å². The fourth-order valence-corrected chi connectivity index (χ4v) is 2.84. The molecule has 1 fully saturated rings. The third kappa shape index (κ3) is 3.28. The SMILES string of the molecule is COc1cc(C(=O)CN)c(Br)cc1OC1CCCC1. The number of carbonyl (C=O) groups excluding carboxylic acids is 1. The minimum atomic E-state index is -0.127. The predicted molar refractivity (Wildman–Crippen MR) is 77.0 cm³/mol. The maximum atomic E-state index is 11.7. The number of hydrogen-bond acceptors (Lipinski definition) is 4. The number of ether oxygens (including phenoxy) is 2. The van der Waals surface area contributed by atoms with Crippen molar-refractivity contribution >= 4 is 21.7 Å². The molecule has 2 N–H and O–H groups in total. The third-order valence-electron chi connectivity index (χ3n) is 3.33. The Hall–Kier alpha value is -1.07. The molecule has 0 bridgehead atoms. The molecule has 0 saturated heterocycles. The normalized spacial score (nSPS) is 15.5. The van der Waals surface area contributed by atoms with Crippen molar-refractivity contribution in [2.24, 2.45) is 5.73 Å². The maximum absolute atomic E-state index is 11.7. The van der Waals surface area contributed by atoms with Crippen LogP contribution in [-0.4, -0.2) is 25.5 Å². The van der Waals surface area contributed by atoms with Gasteiger partial charge in [0, 0.05) is 10.0 Å². The highest BCUT2D eigenvalue weighted by Gasteiger charge is 2.20. The van der Waals surface area contributed by atoms with Gasteiger partial charge >= 0.3 is 0 Å². The van der Waals surface area contributed by atoms with Crippen LogP contribution in [0.2, 0.25) is 0 Å². The monoisotopic (exact) mass is 327 g/mol. The van der Waals surface area contributed by atoms with Crippen LogP contribution in [0.15, 0.2) is 16.6 Å². The fourth-order valence-electron chi connectivity index (χ4n) is 2.30. The molecule has 0 spiro atoms. The lowest BCUT2D eigenvalue weighted by Crippen LogP contribution is -2.15. The zero-order valence-corrected chi connectivity index (χ0v) is 12.5. The van der Waals surface area contributed by atoms with Crippen LogP contribution < -0.4 is 15.2 Å². The number of rotatable bonds is 5. The fraction of sp³-hybridized carbons (Fsp3) is 0.500. The van der Waals surface area contributed by atoms with Crippen molar-refractivity contribution in [3.8, 4) is 11.5 Å². The van der Waals surface area contributed by atoms with Crippen LogP contribution in [0.25, 0.3) is 0 Å². The van der Waals surface area contributed by atoms with E-state index in [0.717, 1.165) is 12.8 Å². The molecule has 1 aliphatic rings. The zero-order chi connectivity index (χ0) is 13.8. The summed E-state index contributed by atoms with van der Waals surface area (Å²) in [4.78, 5) is 11.7. The second-order valence-corrected chi connectivity index (χ2v) is 5.49. The molecule has 4 nitrogen and oxygen atoms in total. The molecule has 5 heteroatoms. The lowest BCUT2D eigenvalue weighted by molar-refractivity contribution is 0.1000. The number of carbonyl (C=O) groups is 1. The minimum Gasteiger partial charge on any atom is -0.493 e. The predicted octanol–water partition coefficient (Wildman–Crippen LogP) is 2.92. The minimum absolute atomic E-state index is 0.0232. The van der Waals surface area contributed by atoms with Gasteiger partial charge < -0.3 is 15.2 Å². The van der Waals surface area contributed by atoms with Crippen molar-refractivity contribution in [2.75, 3.05) is 13.7 Å². The standard InChI is InChI=1S/C14H18BrNO3/c1-18-13-6-10(12(17)8-16)11(15)7-14(13)19-9-4-2-3-5-9/h6-7,9H,2-5,8,16H2,1H3. The Morgan fingerprint density at radius 1 is 1.37 bits per heavy atom. The molecule has 0 atom stereocenters. The Bertz CT molecular complexity index is 470. The van der Waals surface area contributed by atoms with E-state index in [1.54, 1.807) is 19.2 Å². The molecular formula is C14H18BrNO3. The molecular weight excluding hydrogens is 310 g/mol. The average molecular weight is 328 g/mol. The van der Waals surface area contributed by atoms with Crippen LogP contribution in [0.3, 0.4) is 0 Å². The van der Waals surface area contributed by atoms with Crippen molar-refractivity contribution in [2.45, 2.75) is 31.8 Å². The molecule has 1 aromatic carbocycles. The number of Topliss-reactive ketones (excluding diaryl/α,β-unsaturated/α-hetero) is 1. The highest BCUT2D eigenvalue weighted by atomic mass is 79.9. The zero-order valence-electron chi connectivity index (χ0n) is 10.9. The molecule has 1 aromatic rings. The number of halogens is 1. The first kappa shape index (κ1) is 14.3. The lowest BCUT2D eigenvalue weighted by Gasteiger charge is -2.17. The molecule has 19 heavy (non-hydrogen) atoms. The number of ketones is 1. The number of nitrogens with two attached hydrogens (primary N) is 1. The van der Waals surface area contributed by atoms with Crippen molar-refractivity contribution in [3.05, 3.63) is 22.2 Å². The Morgan fingerprint density at radius 2 is 2.05 bits per heavy atom. The number of methoxy groups -OCH3 is 1. The Kier molecular flexibility index (Phi) is 4.82. The Balaban J connectivity index is 2.27. The van der Waals surface area contributed by atoms with Gasteiger partial charge in [0.05, 0.1) is 19.8 Å². The quantitative estimate of drug-likeness (QED) is 0.844. The molecule has 2 rings (SSSR count). The first-order valence-corrected chi connectivity index (χ1v) is 7.22. The van der Waals surface area contributed by atoms with E-state index < -0.39 is 0 Å². The van der Waals surface area contributed by atoms with Gasteiger partial charge in [-0.15, -0.1) is 0 Å². The van der Waals surface area contributed by atoms with Gasteiger partial charge in [-0.25, -0.2) is 0 Å². The molecule has 0 aliphatic heterocycles. The number of benzene rings is 1. The molecule has 1 saturated carbocycles. The molecule has 0 heterocycles. The summed E-state index contributed by atoms with van der Waals surface area (Å²) in [5.41, 5.74) is 5.92. The van der Waals surface area contributed by atoms with E-state index in [-0.39, 0.29) is 18.4 Å². The first-order chi connectivity index (χ1) is 9.15. The van der Waals surface area contributed by atoms with E-state index in [0.29, 0.717) is 21.5 Å². The van der Waals surface area contributed by atoms with Gasteiger partial charge in [-0.1, -0.05) is 0 Å². The Morgan fingerprint density at radius 3 is 2.63 bits per heavy atom. The van der Waals surface area contributed by atoms with Crippen LogP contribution in [0.1, 0.15) is 36.0 Å². The first-order valence-electron chi connectivity index (χ1n) is 6.43. The van der Waals surface area contributed by atoms with Crippen LogP contribution in [0, 0.1) is 0 Å². The van der Waals surface area contributed by atoms with Gasteiger partial charge in [0.15, 0.2) is 17.3 Å². The summed E-state index contributed by atoms with van der Waals surface area (Å²) < 4.78 is 11.9. The maximum Gasteiger partial charge on any atom is 0.177 e. The summed E-state index contributed by atoms with van der Waals surface area (Å²) in [6.45, 7) is -0.0232. The summed E-state index contributed by atoms with van der Waals surface area (Å²) >= 11 is 3.39. The highest BCUT2D eigenvalue weighted by Crippen LogP contribution is 2.36. The van der Waals surface area contributed by atoms with E-state index >= 15 is 0 Å². The van der Waals surface area contributed by atoms with Crippen LogP contribution in [0.5, 0.6) is 11.5 Å². The topological polar surface area (TPSA) is 61.5 Å². The van der Waals surface area contributed by atoms with E-state index in [1.807, 2.05) is 0 Å². The third-order valence-corrected chi connectivity index (χ3v) is 3.99. The van der Waals surface area contributed by atoms with E-state index in [4.69, 9.17) is 15.2 Å². The van der Waals surface area contributed by atoms with Gasteiger partial charge in [0.25, 0.3) is 0 Å². The van der Waals surface area contributed by atoms with Crippen molar-refractivity contribution < 1.29 is 14.3 Å². The van der Waals surface area contributed by atoms with Gasteiger partial charge in [-0.2, -0.15) is 0 Å². The molecule has 0 radical (unpaired) electrons. The van der Waals surface area contributed by atoms with Crippen LogP contribution in [0.4, 0.5) is 0 Å². The molecule has 0 unspecified atom stereocenters. The number of hydrogen-bond donors (Lipinski definition) is 1. The second kappa shape index (κ2) is 6.39. The van der Waals surface area contributed by atoms with E-state index in [9.17, 15) is 4.79 Å². The second-order valence-electron chi connectivity index (χ2n) is 4.63. The average Bonchev–Trinajstić information content (AvgIpc) is 2.91. The van der Waals surface area contributed by atoms with Gasteiger partial charge in [0.2, 0.25) is 0 Å². The lowest BCUT2D eigenvalue weighted by atomic mass is 10.1. The van der Waals surface area contributed by atoms with Gasteiger partial charge in [-0.3, -0.25) is 4.79 Å². The largest absolute Gasteiger partial charge is 0.493 e. The van der Waals surface area contributed by atoms with Crippen molar-refractivity contribution in [3.63, 3.8) is 0 Å². The molecule has 104 valence electrons. The Labute approximate surface area is 121 Å². The molecule has 0 amide bonds. The summed E-state index contributed by atoms with van der Waals surface area (Å²) in [6, 6.07) is 3.48. The van der Waals surface area contributed by atoms with Crippen molar-refractivity contribution in [1.29, 1.82) is 0 Å². The highest BCUT2D eigenvalue weighted by molar-refractivity contribution is 9.10. The van der Waals surface area contributed by atoms with Crippen LogP contribution in [-0.2, 0) is 0 Å². The van der Waals surface area contributed by atoms with Gasteiger partial charge in [0.1, 0.15) is 0 Å². The van der Waals surface area contributed by atoms with Crippen molar-refractivity contribution in [1.82, 2.24) is 0 Å². The smallest absolute Gasteiger partial charge is 0.177 e. The summed E-state index contributed by atoms with van der Waals surface area (Å²) in [6.07, 6.45) is 4.81. The molecule has 0 aromatic heterocycles. The van der Waals surface area contributed by atoms with E-state index in [1.165, 1.54) is 12.8 Å². The summed E-state index contributed by atoms with van der Waals surface area (Å²) in [7, 11) is 1.57. The summed E-state index contributed by atoms with van der Waals surface area (Å²) in [5, 5.41) is 0.